The van der Waals surface area contributed by atoms with E-state index in [4.69, 9.17) is 40.5 Å². The standard InChI is InChI=1S/C2H6Cl2N2.H4N5O3.Pt/c3-2(4,6)1-5;1-2-3-4-8-5(6)7;/h1,5-6H2;1-4H;/q;-1;. The molecule has 0 bridgehead atoms. The molecule has 0 amide bonds. The summed E-state index contributed by atoms with van der Waals surface area (Å²) in [5.41, 5.74) is 14.8. The fourth-order valence-electron chi connectivity index (χ4n) is 0.0856. The van der Waals surface area contributed by atoms with E-state index in [1.54, 1.807) is 16.7 Å². The van der Waals surface area contributed by atoms with E-state index in [1.807, 2.05) is 0 Å². The minimum Gasteiger partial charge on any atom is -0.597 e. The Morgan fingerprint density at radius 2 is 2.00 bits per heavy atom. The molecule has 0 aliphatic carbocycles. The molecule has 0 radical (unpaired) electrons. The van der Waals surface area contributed by atoms with Gasteiger partial charge >= 0.3 is 5.09 Å². The maximum atomic E-state index is 9.27. The van der Waals surface area contributed by atoms with Gasteiger partial charge in [0, 0.05) is 27.6 Å². The number of halogens is 2. The molecule has 0 unspecified atom stereocenters. The van der Waals surface area contributed by atoms with Gasteiger partial charge in [-0.25, -0.2) is 4.94 Å². The van der Waals surface area contributed by atoms with Crippen molar-refractivity contribution in [2.24, 2.45) is 11.5 Å². The van der Waals surface area contributed by atoms with Crippen LogP contribution < -0.4 is 28.1 Å². The van der Waals surface area contributed by atoms with Crippen molar-refractivity contribution in [3.63, 3.8) is 0 Å². The van der Waals surface area contributed by atoms with Crippen molar-refractivity contribution < 1.29 is 31.1 Å². The second kappa shape index (κ2) is 12.3. The van der Waals surface area contributed by atoms with Crippen LogP contribution in [0.3, 0.4) is 0 Å². The van der Waals surface area contributed by atoms with Crippen LogP contribution in [0, 0.1) is 10.1 Å². The zero-order chi connectivity index (χ0) is 11.6. The first-order valence-electron chi connectivity index (χ1n) is 2.93. The SMILES string of the molecule is NCC(N)(Cl)Cl.[NH-]NNNO[N+](=O)[O-].[Pt]. The fraction of sp³-hybridized carbons (Fsp3) is 1.00. The van der Waals surface area contributed by atoms with Crippen LogP contribution >= 0.6 is 23.2 Å². The van der Waals surface area contributed by atoms with E-state index in [0.29, 0.717) is 0 Å². The minimum absolute atomic E-state index is 0. The predicted octanol–water partition coefficient (Wildman–Crippen LogP) is -1.29. The van der Waals surface area contributed by atoms with Gasteiger partial charge in [0.1, 0.15) is 0 Å². The second-order valence-corrected chi connectivity index (χ2v) is 3.17. The van der Waals surface area contributed by atoms with E-state index in [9.17, 15) is 10.1 Å². The number of alkyl halides is 2. The first kappa shape index (κ1) is 20.6. The van der Waals surface area contributed by atoms with E-state index in [0.717, 1.165) is 0 Å². The van der Waals surface area contributed by atoms with E-state index in [1.165, 1.54) is 0 Å². The molecular formula is C2H10Cl2N7O3Pt-. The largest absolute Gasteiger partial charge is 0.597 e. The van der Waals surface area contributed by atoms with Gasteiger partial charge in [-0.05, 0) is 0 Å². The Labute approximate surface area is 109 Å². The summed E-state index contributed by atoms with van der Waals surface area (Å²) in [5.74, 6) is 6.12. The van der Waals surface area contributed by atoms with Gasteiger partial charge in [-0.3, -0.25) is 5.73 Å². The molecular weight excluding hydrogens is 436 g/mol. The normalized spacial score (nSPS) is 9.40. The van der Waals surface area contributed by atoms with Crippen molar-refractivity contribution >= 4 is 23.2 Å². The van der Waals surface area contributed by atoms with Crippen LogP contribution in [0.15, 0.2) is 0 Å². The maximum Gasteiger partial charge on any atom is 0.313 e. The molecule has 0 aromatic rings. The van der Waals surface area contributed by atoms with Gasteiger partial charge in [-0.15, -0.1) is 10.1 Å². The average Bonchev–Trinajstić information content (AvgIpc) is 2.04. The van der Waals surface area contributed by atoms with Crippen LogP contribution in [-0.4, -0.2) is 16.1 Å². The third kappa shape index (κ3) is 31.4. The number of rotatable bonds is 5. The Hall–Kier alpha value is 0.228. The molecule has 0 aromatic carbocycles. The summed E-state index contributed by atoms with van der Waals surface area (Å²) in [5, 5.41) is 8.20. The number of hydrogen-bond acceptors (Lipinski definition) is 8. The Balaban J connectivity index is -0.000000187. The van der Waals surface area contributed by atoms with Crippen LogP contribution in [0.5, 0.6) is 0 Å². The summed E-state index contributed by atoms with van der Waals surface area (Å²) < 4.78 is -1.24. The smallest absolute Gasteiger partial charge is 0.313 e. The van der Waals surface area contributed by atoms with Crippen molar-refractivity contribution in [1.29, 1.82) is 0 Å². The van der Waals surface area contributed by atoms with Gasteiger partial charge in [0.25, 0.3) is 0 Å². The van der Waals surface area contributed by atoms with Gasteiger partial charge in [0.05, 0.1) is 0 Å². The van der Waals surface area contributed by atoms with E-state index in [-0.39, 0.29) is 27.6 Å². The first-order valence-corrected chi connectivity index (χ1v) is 3.69. The van der Waals surface area contributed by atoms with Crippen LogP contribution in [0.1, 0.15) is 0 Å². The summed E-state index contributed by atoms with van der Waals surface area (Å²) in [6, 6.07) is 0. The molecule has 0 aliphatic heterocycles. The summed E-state index contributed by atoms with van der Waals surface area (Å²) in [7, 11) is 0. The predicted molar refractivity (Wildman–Crippen MR) is 49.5 cm³/mol. The van der Waals surface area contributed by atoms with Crippen molar-refractivity contribution in [3.8, 4) is 0 Å². The van der Waals surface area contributed by atoms with E-state index >= 15 is 0 Å². The molecule has 15 heavy (non-hydrogen) atoms. The Bertz CT molecular complexity index is 156. The van der Waals surface area contributed by atoms with Crippen LogP contribution in [0.2, 0.25) is 0 Å². The van der Waals surface area contributed by atoms with Crippen molar-refractivity contribution in [2.45, 2.75) is 4.46 Å². The molecule has 96 valence electrons. The molecule has 13 heteroatoms. The maximum absolute atomic E-state index is 9.27. The zero-order valence-electron chi connectivity index (χ0n) is 7.11. The topological polar surface area (TPSA) is 164 Å². The van der Waals surface area contributed by atoms with Crippen molar-refractivity contribution in [1.82, 2.24) is 16.7 Å². The third-order valence-electron chi connectivity index (χ3n) is 0.506. The first-order chi connectivity index (χ1) is 6.33. The van der Waals surface area contributed by atoms with Crippen LogP contribution in [0.4, 0.5) is 0 Å². The van der Waals surface area contributed by atoms with Crippen molar-refractivity contribution in [3.05, 3.63) is 16.0 Å². The summed E-state index contributed by atoms with van der Waals surface area (Å²) >= 11 is 10.3. The molecule has 0 aliphatic rings. The summed E-state index contributed by atoms with van der Waals surface area (Å²) in [6.07, 6.45) is 0. The molecule has 0 saturated carbocycles. The van der Waals surface area contributed by atoms with E-state index in [2.05, 4.69) is 4.94 Å². The number of hydrogen-bond donors (Lipinski definition) is 5. The summed E-state index contributed by atoms with van der Waals surface area (Å²) in [4.78, 5) is 12.7. The molecule has 0 rings (SSSR count). The molecule has 0 saturated heterocycles. The molecule has 0 spiro atoms. The average molecular weight is 446 g/mol. The zero-order valence-corrected chi connectivity index (χ0v) is 10.9. The van der Waals surface area contributed by atoms with Gasteiger partial charge in [-0.2, -0.15) is 5.53 Å². The van der Waals surface area contributed by atoms with Crippen LogP contribution in [0.25, 0.3) is 5.84 Å². The quantitative estimate of drug-likeness (QED) is 0.114. The number of nitrogens with two attached hydrogens (primary N) is 2. The third-order valence-corrected chi connectivity index (χ3v) is 0.814. The van der Waals surface area contributed by atoms with Gasteiger partial charge in [0.2, 0.25) is 0 Å². The molecule has 0 fully saturated rings. The minimum atomic E-state index is -1.24. The molecule has 0 heterocycles. The second-order valence-electron chi connectivity index (χ2n) is 1.63. The van der Waals surface area contributed by atoms with E-state index < -0.39 is 9.54 Å². The number of nitrogens with zero attached hydrogens (tertiary/aromatic N) is 1. The molecule has 8 N–H and O–H groups in total. The molecule has 0 aromatic heterocycles. The van der Waals surface area contributed by atoms with Crippen molar-refractivity contribution in [2.75, 3.05) is 6.54 Å². The molecule has 0 atom stereocenters. The number of nitrogens with one attached hydrogen (secondary N) is 4. The Kier molecular flexibility index (Phi) is 16.9. The molecule has 10 nitrogen and oxygen atoms in total. The Morgan fingerprint density at radius 3 is 2.20 bits per heavy atom. The number of hydrazine groups is 2. The Morgan fingerprint density at radius 1 is 1.60 bits per heavy atom. The van der Waals surface area contributed by atoms with Gasteiger partial charge < -0.3 is 17.1 Å². The summed E-state index contributed by atoms with van der Waals surface area (Å²) in [6.45, 7) is 0.0795. The van der Waals surface area contributed by atoms with Gasteiger partial charge in [-0.1, -0.05) is 28.8 Å². The fourth-order valence-corrected chi connectivity index (χ4v) is 0.0856. The monoisotopic (exact) mass is 445 g/mol. The van der Waals surface area contributed by atoms with Crippen LogP contribution in [-0.2, 0) is 26.0 Å². The van der Waals surface area contributed by atoms with Gasteiger partial charge in [0.15, 0.2) is 4.46 Å².